The van der Waals surface area contributed by atoms with Gasteiger partial charge in [0.25, 0.3) is 0 Å². The van der Waals surface area contributed by atoms with Gasteiger partial charge in [0.15, 0.2) is 0 Å². The molecule has 1 unspecified atom stereocenters. The summed E-state index contributed by atoms with van der Waals surface area (Å²) >= 11 is 0. The van der Waals surface area contributed by atoms with E-state index in [1.807, 2.05) is 0 Å². The standard InChI is InChI=1S/C32H50FN7O9/c1-37(2)26(19-22-6-8-23(33)9-7-22)31(47)36-24(30(34)46)5-3-4-12-35-27(41)11-10-25(32(48)49)40-17-15-38(20-28(42)43)13-14-39(16-18-40)21-29(44)45/h6-9,24-26H,3-5,10-21H2,1-2H3,(H2,34,46)(H,35,41)(H,36,47)(H,42,43)(H,44,45)(H,48,49)/t24-,25?,26-/m0/s1. The molecule has 0 radical (unpaired) electrons. The molecule has 2 rings (SSSR count). The van der Waals surface area contributed by atoms with Crippen molar-refractivity contribution in [2.24, 2.45) is 5.73 Å². The minimum atomic E-state index is -1.14. The second kappa shape index (κ2) is 21.0. The molecule has 3 amide bonds. The van der Waals surface area contributed by atoms with Crippen LogP contribution in [0.5, 0.6) is 0 Å². The Kier molecular flexibility index (Phi) is 17.6. The number of benzene rings is 1. The zero-order chi connectivity index (χ0) is 36.5. The summed E-state index contributed by atoms with van der Waals surface area (Å²) in [4.78, 5) is 79.1. The van der Waals surface area contributed by atoms with Crippen molar-refractivity contribution in [3.8, 4) is 0 Å². The van der Waals surface area contributed by atoms with Crippen molar-refractivity contribution in [2.75, 3.05) is 73.0 Å². The third kappa shape index (κ3) is 15.7. The molecule has 1 aromatic rings. The third-order valence-electron chi connectivity index (χ3n) is 8.40. The van der Waals surface area contributed by atoms with Gasteiger partial charge in [-0.2, -0.15) is 0 Å². The summed E-state index contributed by atoms with van der Waals surface area (Å²) in [5.41, 5.74) is 6.29. The van der Waals surface area contributed by atoms with Crippen LogP contribution in [0.25, 0.3) is 0 Å². The Morgan fingerprint density at radius 2 is 1.41 bits per heavy atom. The van der Waals surface area contributed by atoms with Crippen LogP contribution in [0.1, 0.15) is 37.7 Å². The normalized spacial score (nSPS) is 16.8. The molecule has 0 bridgehead atoms. The molecule has 7 N–H and O–H groups in total. The lowest BCUT2D eigenvalue weighted by Gasteiger charge is -2.30. The molecule has 1 heterocycles. The van der Waals surface area contributed by atoms with Crippen molar-refractivity contribution in [3.63, 3.8) is 0 Å². The number of halogens is 1. The predicted molar refractivity (Wildman–Crippen MR) is 176 cm³/mol. The first kappa shape index (κ1) is 41.0. The fourth-order valence-electron chi connectivity index (χ4n) is 5.60. The largest absolute Gasteiger partial charge is 0.480 e. The summed E-state index contributed by atoms with van der Waals surface area (Å²) in [6.07, 6.45) is 1.34. The number of unbranched alkanes of at least 4 members (excludes halogenated alkanes) is 1. The Bertz CT molecular complexity index is 1240. The monoisotopic (exact) mass is 695 g/mol. The number of likely N-dealkylation sites (N-methyl/N-ethyl adjacent to an activating group) is 1. The molecule has 0 aromatic heterocycles. The SMILES string of the molecule is CN(C)[C@@H](Cc1ccc(F)cc1)C(=O)N[C@@H](CCCCNC(=O)CCC(C(=O)O)N1CCN(CC(=O)O)CCN(CC(=O)O)CC1)C(N)=O. The molecule has 0 aliphatic carbocycles. The van der Waals surface area contributed by atoms with Crippen LogP contribution in [-0.4, -0.2) is 162 Å². The zero-order valence-electron chi connectivity index (χ0n) is 28.2. The van der Waals surface area contributed by atoms with Crippen LogP contribution < -0.4 is 16.4 Å². The molecule has 1 aliphatic heterocycles. The highest BCUT2D eigenvalue weighted by Gasteiger charge is 2.29. The Morgan fingerprint density at radius 3 is 1.90 bits per heavy atom. The van der Waals surface area contributed by atoms with Crippen molar-refractivity contribution >= 4 is 35.6 Å². The van der Waals surface area contributed by atoms with Crippen molar-refractivity contribution in [2.45, 2.75) is 56.7 Å². The molecule has 1 fully saturated rings. The zero-order valence-corrected chi connectivity index (χ0v) is 28.2. The van der Waals surface area contributed by atoms with E-state index in [-0.39, 0.29) is 76.8 Å². The lowest BCUT2D eigenvalue weighted by Crippen LogP contribution is -2.52. The van der Waals surface area contributed by atoms with Gasteiger partial charge in [0.2, 0.25) is 17.7 Å². The molecule has 3 atom stereocenters. The highest BCUT2D eigenvalue weighted by Crippen LogP contribution is 2.12. The maximum atomic E-state index is 13.3. The van der Waals surface area contributed by atoms with Crippen LogP contribution in [0, 0.1) is 5.82 Å². The van der Waals surface area contributed by atoms with Crippen LogP contribution in [0.15, 0.2) is 24.3 Å². The number of nitrogens with two attached hydrogens (primary N) is 1. The van der Waals surface area contributed by atoms with Gasteiger partial charge in [0, 0.05) is 52.2 Å². The van der Waals surface area contributed by atoms with Gasteiger partial charge in [-0.25, -0.2) is 4.39 Å². The second-order valence-corrected chi connectivity index (χ2v) is 12.4. The van der Waals surface area contributed by atoms with Gasteiger partial charge in [-0.3, -0.25) is 48.4 Å². The predicted octanol–water partition coefficient (Wildman–Crippen LogP) is -1.12. The number of nitrogens with one attached hydrogen (secondary N) is 2. The lowest BCUT2D eigenvalue weighted by molar-refractivity contribution is -0.144. The quantitative estimate of drug-likeness (QED) is 0.0890. The van der Waals surface area contributed by atoms with Gasteiger partial charge in [-0.05, 0) is 63.9 Å². The van der Waals surface area contributed by atoms with Crippen molar-refractivity contribution in [1.29, 1.82) is 0 Å². The second-order valence-electron chi connectivity index (χ2n) is 12.4. The summed E-state index contributed by atoms with van der Waals surface area (Å²) in [5.74, 6) is -5.10. The van der Waals surface area contributed by atoms with Crippen LogP contribution >= 0.6 is 0 Å². The van der Waals surface area contributed by atoms with E-state index >= 15 is 0 Å². The highest BCUT2D eigenvalue weighted by molar-refractivity contribution is 5.89. The number of carboxylic acid groups (broad SMARTS) is 3. The molecule has 0 spiro atoms. The number of rotatable bonds is 20. The lowest BCUT2D eigenvalue weighted by atomic mass is 10.0. The van der Waals surface area contributed by atoms with Gasteiger partial charge in [-0.1, -0.05) is 12.1 Å². The fourth-order valence-corrected chi connectivity index (χ4v) is 5.60. The smallest absolute Gasteiger partial charge is 0.320 e. The minimum absolute atomic E-state index is 0.0141. The molecule has 17 heteroatoms. The van der Waals surface area contributed by atoms with Crippen LogP contribution in [0.3, 0.4) is 0 Å². The Morgan fingerprint density at radius 1 is 0.857 bits per heavy atom. The number of hydrogen-bond donors (Lipinski definition) is 6. The van der Waals surface area contributed by atoms with E-state index in [0.29, 0.717) is 32.4 Å². The third-order valence-corrected chi connectivity index (χ3v) is 8.40. The Balaban J connectivity index is 1.85. The van der Waals surface area contributed by atoms with E-state index < -0.39 is 47.8 Å². The van der Waals surface area contributed by atoms with E-state index in [2.05, 4.69) is 10.6 Å². The average molecular weight is 696 g/mol. The first-order valence-electron chi connectivity index (χ1n) is 16.3. The van der Waals surface area contributed by atoms with Crippen molar-refractivity contribution in [3.05, 3.63) is 35.6 Å². The average Bonchev–Trinajstić information content (AvgIpc) is 3.10. The van der Waals surface area contributed by atoms with E-state index in [1.54, 1.807) is 45.8 Å². The van der Waals surface area contributed by atoms with Gasteiger partial charge in [0.1, 0.15) is 17.9 Å². The van der Waals surface area contributed by atoms with Crippen molar-refractivity contribution < 1.29 is 48.5 Å². The first-order chi connectivity index (χ1) is 23.2. The molecular formula is C32H50FN7O9. The number of primary amides is 1. The number of carbonyl (C=O) groups is 6. The summed E-state index contributed by atoms with van der Waals surface area (Å²) in [6.45, 7) is 1.32. The van der Waals surface area contributed by atoms with Crippen LogP contribution in [0.2, 0.25) is 0 Å². The summed E-state index contributed by atoms with van der Waals surface area (Å²) in [7, 11) is 3.44. The maximum absolute atomic E-state index is 13.3. The molecule has 1 aromatic carbocycles. The van der Waals surface area contributed by atoms with Gasteiger partial charge in [-0.15, -0.1) is 0 Å². The van der Waals surface area contributed by atoms with Crippen LogP contribution in [0.4, 0.5) is 4.39 Å². The van der Waals surface area contributed by atoms with E-state index in [4.69, 9.17) is 5.73 Å². The van der Waals surface area contributed by atoms with E-state index in [9.17, 15) is 48.5 Å². The molecule has 0 saturated carbocycles. The molecule has 16 nitrogen and oxygen atoms in total. The Hall–Kier alpha value is -4.19. The molecular weight excluding hydrogens is 645 g/mol. The number of amides is 3. The molecule has 49 heavy (non-hydrogen) atoms. The van der Waals surface area contributed by atoms with Crippen molar-refractivity contribution in [1.82, 2.24) is 30.2 Å². The summed E-state index contributed by atoms with van der Waals surface area (Å²) in [5, 5.41) is 33.9. The highest BCUT2D eigenvalue weighted by atomic mass is 19.1. The molecule has 1 saturated heterocycles. The number of aliphatic carboxylic acids is 3. The molecule has 274 valence electrons. The van der Waals surface area contributed by atoms with Crippen LogP contribution in [-0.2, 0) is 35.2 Å². The van der Waals surface area contributed by atoms with E-state index in [0.717, 1.165) is 5.56 Å². The Labute approximate surface area is 285 Å². The first-order valence-corrected chi connectivity index (χ1v) is 16.3. The van der Waals surface area contributed by atoms with Gasteiger partial charge in [0.05, 0.1) is 19.1 Å². The van der Waals surface area contributed by atoms with E-state index in [1.165, 1.54) is 12.1 Å². The number of hydrogen-bond acceptors (Lipinski definition) is 10. The maximum Gasteiger partial charge on any atom is 0.320 e. The summed E-state index contributed by atoms with van der Waals surface area (Å²) in [6, 6.07) is 3.19. The number of nitrogens with zero attached hydrogens (tertiary/aromatic N) is 4. The topological polar surface area (TPSA) is 226 Å². The number of carboxylic acids is 3. The van der Waals surface area contributed by atoms with Gasteiger partial charge >= 0.3 is 17.9 Å². The van der Waals surface area contributed by atoms with Gasteiger partial charge < -0.3 is 31.7 Å². The number of carbonyl (C=O) groups excluding carboxylic acids is 3. The molecule has 1 aliphatic rings. The fraction of sp³-hybridized carbons (Fsp3) is 0.625. The minimum Gasteiger partial charge on any atom is -0.480 e. The summed E-state index contributed by atoms with van der Waals surface area (Å²) < 4.78 is 13.3.